The van der Waals surface area contributed by atoms with Crippen LogP contribution < -0.4 is 11.1 Å². The van der Waals surface area contributed by atoms with Crippen molar-refractivity contribution in [1.29, 1.82) is 0 Å². The van der Waals surface area contributed by atoms with E-state index < -0.39 is 5.54 Å². The standard InChI is InChI=1S/C14H16Cl2N2OS/c15-9-4-5-10(11(16)8-9)12(19)18-14(13(17)20)6-2-1-3-7-14/h4-5,8H,1-3,6-7H2,(H2,17,20)(H,18,19). The van der Waals surface area contributed by atoms with Gasteiger partial charge < -0.3 is 11.1 Å². The monoisotopic (exact) mass is 330 g/mol. The number of hydrogen-bond donors (Lipinski definition) is 2. The summed E-state index contributed by atoms with van der Waals surface area (Å²) in [6.45, 7) is 0. The van der Waals surface area contributed by atoms with Gasteiger partial charge in [-0.25, -0.2) is 0 Å². The smallest absolute Gasteiger partial charge is 0.253 e. The Hall–Kier alpha value is -0.840. The Labute approximate surface area is 133 Å². The van der Waals surface area contributed by atoms with Gasteiger partial charge in [0, 0.05) is 5.02 Å². The zero-order chi connectivity index (χ0) is 14.8. The number of hydrogen-bond acceptors (Lipinski definition) is 2. The molecule has 0 saturated heterocycles. The van der Waals surface area contributed by atoms with Crippen LogP contribution in [0.4, 0.5) is 0 Å². The molecule has 0 aliphatic heterocycles. The second-order valence-corrected chi connectivity index (χ2v) is 6.37. The Balaban J connectivity index is 2.22. The molecule has 1 aliphatic rings. The Morgan fingerprint density at radius 2 is 1.90 bits per heavy atom. The van der Waals surface area contributed by atoms with E-state index in [4.69, 9.17) is 41.2 Å². The first-order valence-electron chi connectivity index (χ1n) is 6.52. The number of nitrogens with one attached hydrogen (secondary N) is 1. The summed E-state index contributed by atoms with van der Waals surface area (Å²) in [7, 11) is 0. The molecule has 0 aromatic heterocycles. The number of amides is 1. The largest absolute Gasteiger partial charge is 0.391 e. The molecule has 1 aliphatic carbocycles. The van der Waals surface area contributed by atoms with E-state index in [1.54, 1.807) is 18.2 Å². The predicted molar refractivity (Wildman–Crippen MR) is 86.5 cm³/mol. The van der Waals surface area contributed by atoms with Gasteiger partial charge in [-0.2, -0.15) is 0 Å². The first kappa shape index (κ1) is 15.5. The number of nitrogens with two attached hydrogens (primary N) is 1. The molecule has 0 unspecified atom stereocenters. The molecule has 3 nitrogen and oxygen atoms in total. The highest BCUT2D eigenvalue weighted by atomic mass is 35.5. The Kier molecular flexibility index (Phi) is 4.89. The van der Waals surface area contributed by atoms with Gasteiger partial charge in [0.25, 0.3) is 5.91 Å². The summed E-state index contributed by atoms with van der Waals surface area (Å²) >= 11 is 17.1. The van der Waals surface area contributed by atoms with Crippen molar-refractivity contribution in [2.45, 2.75) is 37.6 Å². The van der Waals surface area contributed by atoms with Gasteiger partial charge in [0.1, 0.15) is 0 Å². The van der Waals surface area contributed by atoms with E-state index >= 15 is 0 Å². The highest BCUT2D eigenvalue weighted by Gasteiger charge is 2.36. The van der Waals surface area contributed by atoms with Crippen LogP contribution in [0.15, 0.2) is 18.2 Å². The highest BCUT2D eigenvalue weighted by molar-refractivity contribution is 7.80. The second-order valence-electron chi connectivity index (χ2n) is 5.09. The third-order valence-corrected chi connectivity index (χ3v) is 4.65. The van der Waals surface area contributed by atoms with E-state index in [0.717, 1.165) is 32.1 Å². The molecule has 108 valence electrons. The zero-order valence-corrected chi connectivity index (χ0v) is 13.2. The first-order valence-corrected chi connectivity index (χ1v) is 7.68. The summed E-state index contributed by atoms with van der Waals surface area (Å²) in [5.74, 6) is -0.263. The molecule has 1 amide bonds. The molecule has 0 spiro atoms. The summed E-state index contributed by atoms with van der Waals surface area (Å²) in [4.78, 5) is 12.7. The van der Waals surface area contributed by atoms with Crippen LogP contribution in [0.3, 0.4) is 0 Å². The molecular weight excluding hydrogens is 315 g/mol. The minimum absolute atomic E-state index is 0.263. The molecule has 0 heterocycles. The summed E-state index contributed by atoms with van der Waals surface area (Å²) < 4.78 is 0. The van der Waals surface area contributed by atoms with Crippen LogP contribution in [0.1, 0.15) is 42.5 Å². The van der Waals surface area contributed by atoms with Crippen LogP contribution in [0.25, 0.3) is 0 Å². The maximum Gasteiger partial charge on any atom is 0.253 e. The van der Waals surface area contributed by atoms with Gasteiger partial charge in [0.05, 0.1) is 21.1 Å². The Bertz CT molecular complexity index is 542. The van der Waals surface area contributed by atoms with Crippen molar-refractivity contribution in [1.82, 2.24) is 5.32 Å². The van der Waals surface area contributed by atoms with Crippen molar-refractivity contribution in [3.05, 3.63) is 33.8 Å². The number of thiocarbonyl (C=S) groups is 1. The lowest BCUT2D eigenvalue weighted by Crippen LogP contribution is -2.57. The van der Waals surface area contributed by atoms with E-state index in [1.807, 2.05) is 0 Å². The molecule has 6 heteroatoms. The molecule has 1 aromatic carbocycles. The molecule has 1 aromatic rings. The van der Waals surface area contributed by atoms with Crippen LogP contribution in [0, 0.1) is 0 Å². The Morgan fingerprint density at radius 1 is 1.25 bits per heavy atom. The molecule has 1 fully saturated rings. The average Bonchev–Trinajstić information content (AvgIpc) is 2.39. The lowest BCUT2D eigenvalue weighted by molar-refractivity contribution is 0.0908. The zero-order valence-electron chi connectivity index (χ0n) is 10.9. The maximum atomic E-state index is 12.4. The van der Waals surface area contributed by atoms with Crippen molar-refractivity contribution in [2.75, 3.05) is 0 Å². The van der Waals surface area contributed by atoms with Gasteiger partial charge >= 0.3 is 0 Å². The molecule has 1 saturated carbocycles. The summed E-state index contributed by atoms with van der Waals surface area (Å²) in [6, 6.07) is 4.79. The van der Waals surface area contributed by atoms with Crippen molar-refractivity contribution in [3.8, 4) is 0 Å². The number of rotatable bonds is 3. The molecule has 0 radical (unpaired) electrons. The van der Waals surface area contributed by atoms with Crippen LogP contribution in [-0.4, -0.2) is 16.4 Å². The van der Waals surface area contributed by atoms with Gasteiger partial charge in [0.15, 0.2) is 0 Å². The number of carbonyl (C=O) groups is 1. The fourth-order valence-corrected chi connectivity index (χ4v) is 3.30. The molecule has 0 bridgehead atoms. The van der Waals surface area contributed by atoms with Crippen LogP contribution in [0.5, 0.6) is 0 Å². The quantitative estimate of drug-likeness (QED) is 0.830. The third-order valence-electron chi connectivity index (χ3n) is 3.71. The molecule has 0 atom stereocenters. The molecule has 20 heavy (non-hydrogen) atoms. The minimum atomic E-state index is -0.590. The van der Waals surface area contributed by atoms with Crippen molar-refractivity contribution in [3.63, 3.8) is 0 Å². The van der Waals surface area contributed by atoms with Crippen molar-refractivity contribution >= 4 is 46.3 Å². The van der Waals surface area contributed by atoms with Crippen LogP contribution in [-0.2, 0) is 0 Å². The third kappa shape index (κ3) is 3.25. The average molecular weight is 331 g/mol. The van der Waals surface area contributed by atoms with Crippen molar-refractivity contribution in [2.24, 2.45) is 5.73 Å². The predicted octanol–water partition coefficient (Wildman–Crippen LogP) is 3.71. The number of halogens is 2. The van der Waals surface area contributed by atoms with Crippen LogP contribution in [0.2, 0.25) is 10.0 Å². The van der Waals surface area contributed by atoms with Gasteiger partial charge in [-0.05, 0) is 31.0 Å². The Morgan fingerprint density at radius 3 is 2.45 bits per heavy atom. The summed E-state index contributed by atoms with van der Waals surface area (Å²) in [5, 5.41) is 3.79. The summed E-state index contributed by atoms with van der Waals surface area (Å²) in [6.07, 6.45) is 4.71. The van der Waals surface area contributed by atoms with E-state index in [2.05, 4.69) is 5.32 Å². The normalized spacial score (nSPS) is 17.5. The van der Waals surface area contributed by atoms with E-state index in [1.165, 1.54) is 0 Å². The summed E-state index contributed by atoms with van der Waals surface area (Å²) in [5.41, 5.74) is 5.65. The maximum absolute atomic E-state index is 12.4. The van der Waals surface area contributed by atoms with E-state index in [9.17, 15) is 4.79 Å². The van der Waals surface area contributed by atoms with Crippen LogP contribution >= 0.6 is 35.4 Å². The fraction of sp³-hybridized carbons (Fsp3) is 0.429. The van der Waals surface area contributed by atoms with E-state index in [0.29, 0.717) is 20.6 Å². The van der Waals surface area contributed by atoms with Gasteiger partial charge in [0.2, 0.25) is 0 Å². The van der Waals surface area contributed by atoms with Gasteiger partial charge in [-0.1, -0.05) is 54.7 Å². The van der Waals surface area contributed by atoms with Gasteiger partial charge in [-0.15, -0.1) is 0 Å². The second kappa shape index (κ2) is 6.29. The SMILES string of the molecule is NC(=S)C1(NC(=O)c2ccc(Cl)cc2Cl)CCCCC1. The topological polar surface area (TPSA) is 55.1 Å². The van der Waals surface area contributed by atoms with E-state index in [-0.39, 0.29) is 5.91 Å². The number of carbonyl (C=O) groups excluding carboxylic acids is 1. The van der Waals surface area contributed by atoms with Crippen molar-refractivity contribution < 1.29 is 4.79 Å². The molecule has 2 rings (SSSR count). The van der Waals surface area contributed by atoms with Gasteiger partial charge in [-0.3, -0.25) is 4.79 Å². The highest BCUT2D eigenvalue weighted by Crippen LogP contribution is 2.30. The first-order chi connectivity index (χ1) is 9.44. The minimum Gasteiger partial charge on any atom is -0.391 e. The molecule has 3 N–H and O–H groups in total. The number of benzene rings is 1. The molecular formula is C14H16Cl2N2OS. The fourth-order valence-electron chi connectivity index (χ4n) is 2.55. The lowest BCUT2D eigenvalue weighted by Gasteiger charge is -2.37. The lowest BCUT2D eigenvalue weighted by atomic mass is 9.81.